The van der Waals surface area contributed by atoms with Crippen LogP contribution in [-0.2, 0) is 6.18 Å². The zero-order chi connectivity index (χ0) is 18.9. The maximum Gasteiger partial charge on any atom is 0.416 e. The molecule has 0 aliphatic rings. The highest BCUT2D eigenvalue weighted by molar-refractivity contribution is 6.57. The van der Waals surface area contributed by atoms with Gasteiger partial charge in [-0.15, -0.1) is 0 Å². The summed E-state index contributed by atoms with van der Waals surface area (Å²) in [7, 11) is 0. The highest BCUT2D eigenvalue weighted by atomic mass is 35.5. The molecular weight excluding hydrogens is 408 g/mol. The highest BCUT2D eigenvalue weighted by Crippen LogP contribution is 2.31. The average molecular weight is 418 g/mol. The number of alkyl halides is 3. The molecule has 0 spiro atoms. The van der Waals surface area contributed by atoms with Crippen LogP contribution in [0.3, 0.4) is 0 Å². The van der Waals surface area contributed by atoms with Gasteiger partial charge in [0.2, 0.25) is 0 Å². The van der Waals surface area contributed by atoms with Gasteiger partial charge in [-0.2, -0.15) is 18.3 Å². The summed E-state index contributed by atoms with van der Waals surface area (Å²) in [6.45, 7) is 0. The second kappa shape index (κ2) is 7.35. The Hall–Kier alpha value is -1.95. The quantitative estimate of drug-likeness (QED) is 0.449. The number of hydrogen-bond donors (Lipinski definition) is 0. The van der Waals surface area contributed by atoms with Crippen LogP contribution in [0.2, 0.25) is 5.02 Å². The number of rotatable bonds is 3. The minimum atomic E-state index is -4.46. The second-order valence-electron chi connectivity index (χ2n) is 5.36. The van der Waals surface area contributed by atoms with Crippen molar-refractivity contribution in [3.05, 3.63) is 75.4 Å². The van der Waals surface area contributed by atoms with Crippen molar-refractivity contribution in [3.63, 3.8) is 0 Å². The van der Waals surface area contributed by atoms with Crippen LogP contribution in [0, 0.1) is 0 Å². The standard InChI is InChI=1S/C18H10Cl3F3N2/c19-13-6-4-11(5-7-13)16-9-15(10-17(20)21)26(25-16)14-3-1-2-12(8-14)18(22,23)24/h1-10H. The minimum Gasteiger partial charge on any atom is -0.233 e. The SMILES string of the molecule is FC(F)(F)c1cccc(-n2nc(-c3ccc(Cl)cc3)cc2C=C(Cl)Cl)c1. The van der Waals surface area contributed by atoms with Gasteiger partial charge in [-0.05, 0) is 42.5 Å². The van der Waals surface area contributed by atoms with E-state index in [1.807, 2.05) is 0 Å². The van der Waals surface area contributed by atoms with Crippen molar-refractivity contribution < 1.29 is 13.2 Å². The van der Waals surface area contributed by atoms with Crippen LogP contribution >= 0.6 is 34.8 Å². The third-order valence-electron chi connectivity index (χ3n) is 3.55. The third kappa shape index (κ3) is 4.23. The predicted octanol–water partition coefficient (Wildman–Crippen LogP) is 6.99. The molecule has 0 saturated heterocycles. The summed E-state index contributed by atoms with van der Waals surface area (Å²) in [5, 5.41) is 4.97. The van der Waals surface area contributed by atoms with Gasteiger partial charge in [0.1, 0.15) is 4.49 Å². The van der Waals surface area contributed by atoms with Crippen molar-refractivity contribution in [1.29, 1.82) is 0 Å². The van der Waals surface area contributed by atoms with Crippen molar-refractivity contribution in [2.45, 2.75) is 6.18 Å². The Labute approximate surface area is 162 Å². The topological polar surface area (TPSA) is 17.8 Å². The highest BCUT2D eigenvalue weighted by Gasteiger charge is 2.30. The lowest BCUT2D eigenvalue weighted by Crippen LogP contribution is -2.07. The van der Waals surface area contributed by atoms with Crippen LogP contribution < -0.4 is 0 Å². The molecule has 2 nitrogen and oxygen atoms in total. The summed E-state index contributed by atoms with van der Waals surface area (Å²) in [4.78, 5) is 0. The third-order valence-corrected chi connectivity index (χ3v) is 4.02. The van der Waals surface area contributed by atoms with Gasteiger partial charge in [-0.1, -0.05) is 53.0 Å². The number of benzene rings is 2. The summed E-state index contributed by atoms with van der Waals surface area (Å²) < 4.78 is 40.3. The van der Waals surface area contributed by atoms with Gasteiger partial charge >= 0.3 is 6.18 Å². The lowest BCUT2D eigenvalue weighted by atomic mass is 10.1. The molecule has 134 valence electrons. The van der Waals surface area contributed by atoms with Crippen molar-refractivity contribution in [1.82, 2.24) is 9.78 Å². The predicted molar refractivity (Wildman–Crippen MR) is 98.7 cm³/mol. The lowest BCUT2D eigenvalue weighted by Gasteiger charge is -2.10. The van der Waals surface area contributed by atoms with Crippen molar-refractivity contribution in [2.75, 3.05) is 0 Å². The zero-order valence-electron chi connectivity index (χ0n) is 12.9. The Balaban J connectivity index is 2.14. The van der Waals surface area contributed by atoms with Gasteiger partial charge < -0.3 is 0 Å². The number of aromatic nitrogens is 2. The van der Waals surface area contributed by atoms with Crippen LogP contribution in [0.1, 0.15) is 11.3 Å². The lowest BCUT2D eigenvalue weighted by molar-refractivity contribution is -0.137. The van der Waals surface area contributed by atoms with Crippen LogP contribution in [0.5, 0.6) is 0 Å². The van der Waals surface area contributed by atoms with Crippen LogP contribution in [0.4, 0.5) is 13.2 Å². The Bertz CT molecular complexity index is 957. The fraction of sp³-hybridized carbons (Fsp3) is 0.0556. The first-order chi connectivity index (χ1) is 12.2. The monoisotopic (exact) mass is 416 g/mol. The molecular formula is C18H10Cl3F3N2. The summed E-state index contributed by atoms with van der Waals surface area (Å²) in [5.41, 5.74) is 1.20. The molecule has 3 rings (SSSR count). The molecule has 0 atom stereocenters. The van der Waals surface area contributed by atoms with Crippen LogP contribution in [0.25, 0.3) is 23.0 Å². The normalized spacial score (nSPS) is 11.5. The minimum absolute atomic E-state index is 0.0409. The van der Waals surface area contributed by atoms with E-state index in [0.717, 1.165) is 17.7 Å². The molecule has 1 aromatic heterocycles. The summed E-state index contributed by atoms with van der Waals surface area (Å²) in [6.07, 6.45) is -3.04. The fourth-order valence-electron chi connectivity index (χ4n) is 2.39. The molecule has 0 bridgehead atoms. The summed E-state index contributed by atoms with van der Waals surface area (Å²) >= 11 is 17.4. The molecule has 0 unspecified atom stereocenters. The molecule has 8 heteroatoms. The number of halogens is 6. The first-order valence-corrected chi connectivity index (χ1v) is 8.44. The average Bonchev–Trinajstić information content (AvgIpc) is 2.98. The molecule has 26 heavy (non-hydrogen) atoms. The molecule has 2 aromatic carbocycles. The van der Waals surface area contributed by atoms with E-state index in [-0.39, 0.29) is 10.2 Å². The van der Waals surface area contributed by atoms with E-state index in [2.05, 4.69) is 5.10 Å². The molecule has 3 aromatic rings. The molecule has 0 aliphatic heterocycles. The summed E-state index contributed by atoms with van der Waals surface area (Å²) in [6, 6.07) is 13.4. The Morgan fingerprint density at radius 3 is 2.31 bits per heavy atom. The maximum atomic E-state index is 13.0. The molecule has 0 fully saturated rings. The molecule has 0 amide bonds. The Kier molecular flexibility index (Phi) is 5.32. The number of hydrogen-bond acceptors (Lipinski definition) is 1. The second-order valence-corrected chi connectivity index (χ2v) is 6.80. The largest absolute Gasteiger partial charge is 0.416 e. The van der Waals surface area contributed by atoms with E-state index < -0.39 is 11.7 Å². The van der Waals surface area contributed by atoms with Gasteiger partial charge in [0, 0.05) is 10.6 Å². The van der Waals surface area contributed by atoms with E-state index in [0.29, 0.717) is 16.4 Å². The summed E-state index contributed by atoms with van der Waals surface area (Å²) in [5.74, 6) is 0. The van der Waals surface area contributed by atoms with Gasteiger partial charge in [-0.3, -0.25) is 0 Å². The van der Waals surface area contributed by atoms with Crippen LogP contribution in [-0.4, -0.2) is 9.78 Å². The first-order valence-electron chi connectivity index (χ1n) is 7.30. The number of nitrogens with zero attached hydrogens (tertiary/aromatic N) is 2. The van der Waals surface area contributed by atoms with E-state index >= 15 is 0 Å². The Morgan fingerprint density at radius 2 is 1.69 bits per heavy atom. The van der Waals surface area contributed by atoms with Crippen molar-refractivity contribution in [3.8, 4) is 16.9 Å². The molecule has 0 saturated carbocycles. The van der Waals surface area contributed by atoms with Crippen LogP contribution in [0.15, 0.2) is 59.1 Å². The smallest absolute Gasteiger partial charge is 0.233 e. The van der Waals surface area contributed by atoms with E-state index in [1.165, 1.54) is 22.9 Å². The molecule has 0 aliphatic carbocycles. The van der Waals surface area contributed by atoms with Gasteiger partial charge in [-0.25, -0.2) is 4.68 Å². The van der Waals surface area contributed by atoms with E-state index in [9.17, 15) is 13.2 Å². The Morgan fingerprint density at radius 1 is 1.00 bits per heavy atom. The fourth-order valence-corrected chi connectivity index (χ4v) is 2.74. The van der Waals surface area contributed by atoms with E-state index in [1.54, 1.807) is 30.3 Å². The zero-order valence-corrected chi connectivity index (χ0v) is 15.2. The van der Waals surface area contributed by atoms with Crippen molar-refractivity contribution in [2.24, 2.45) is 0 Å². The molecule has 0 N–H and O–H groups in total. The molecule has 0 radical (unpaired) electrons. The molecule has 1 heterocycles. The van der Waals surface area contributed by atoms with E-state index in [4.69, 9.17) is 34.8 Å². The van der Waals surface area contributed by atoms with Gasteiger partial charge in [0.15, 0.2) is 0 Å². The van der Waals surface area contributed by atoms with Gasteiger partial charge in [0.25, 0.3) is 0 Å². The van der Waals surface area contributed by atoms with Gasteiger partial charge in [0.05, 0.1) is 22.6 Å². The maximum absolute atomic E-state index is 13.0. The first kappa shape index (κ1) is 18.8. The van der Waals surface area contributed by atoms with Crippen molar-refractivity contribution >= 4 is 40.9 Å².